The van der Waals surface area contributed by atoms with Crippen LogP contribution in [0.1, 0.15) is 54.8 Å². The fourth-order valence-electron chi connectivity index (χ4n) is 6.23. The summed E-state index contributed by atoms with van der Waals surface area (Å²) in [5.41, 5.74) is 2.15. The molecule has 44 heavy (non-hydrogen) atoms. The second-order valence-electron chi connectivity index (χ2n) is 11.9. The van der Waals surface area contributed by atoms with Gasteiger partial charge < -0.3 is 14.1 Å². The Hall–Kier alpha value is -4.16. The summed E-state index contributed by atoms with van der Waals surface area (Å²) in [4.78, 5) is 11.2. The second kappa shape index (κ2) is 10.8. The lowest BCUT2D eigenvalue weighted by atomic mass is 9.97. The highest BCUT2D eigenvalue weighted by Gasteiger charge is 2.37. The zero-order chi connectivity index (χ0) is 30.7. The number of aliphatic hydroxyl groups is 1. The summed E-state index contributed by atoms with van der Waals surface area (Å²) in [6.45, 7) is 0.220. The van der Waals surface area contributed by atoms with E-state index < -0.39 is 23.7 Å². The molecule has 8 nitrogen and oxygen atoms in total. The molecule has 3 heterocycles. The van der Waals surface area contributed by atoms with Gasteiger partial charge in [-0.3, -0.25) is 4.90 Å². The summed E-state index contributed by atoms with van der Waals surface area (Å²) in [5.74, 6) is 0.194. The highest BCUT2D eigenvalue weighted by Crippen LogP contribution is 2.43. The number of hydrogen-bond acceptors (Lipinski definition) is 7. The zero-order valence-electron chi connectivity index (χ0n) is 24.1. The summed E-state index contributed by atoms with van der Waals surface area (Å²) in [5, 5.41) is 18.4. The zero-order valence-corrected chi connectivity index (χ0v) is 24.1. The van der Waals surface area contributed by atoms with Gasteiger partial charge in [-0.2, -0.15) is 13.2 Å². The highest BCUT2D eigenvalue weighted by molar-refractivity contribution is 5.84. The highest BCUT2D eigenvalue weighted by atomic mass is 19.4. The molecular weight excluding hydrogens is 576 g/mol. The van der Waals surface area contributed by atoms with E-state index in [1.165, 1.54) is 18.5 Å². The number of benzene rings is 2. The van der Waals surface area contributed by atoms with E-state index in [1.54, 1.807) is 29.8 Å². The fraction of sp³-hybridized carbons (Fsp3) is 0.375. The number of aryl methyl sites for hydroxylation is 1. The Labute approximate surface area is 250 Å². The maximum atomic E-state index is 14.4. The van der Waals surface area contributed by atoms with E-state index in [-0.39, 0.29) is 41.2 Å². The van der Waals surface area contributed by atoms with Crippen LogP contribution < -0.4 is 0 Å². The number of hydrogen-bond donors (Lipinski definition) is 1. The van der Waals surface area contributed by atoms with E-state index in [4.69, 9.17) is 9.40 Å². The quantitative estimate of drug-likeness (QED) is 0.205. The van der Waals surface area contributed by atoms with Gasteiger partial charge in [-0.1, -0.05) is 6.07 Å². The molecule has 2 aliphatic carbocycles. The van der Waals surface area contributed by atoms with Crippen molar-refractivity contribution < 1.29 is 27.1 Å². The molecule has 0 spiro atoms. The summed E-state index contributed by atoms with van der Waals surface area (Å²) in [6.07, 6.45) is 0.572. The summed E-state index contributed by atoms with van der Waals surface area (Å²) < 4.78 is 64.9. The number of nitrogens with zero attached hydrogens (tertiary/aromatic N) is 6. The van der Waals surface area contributed by atoms with Crippen LogP contribution in [0.25, 0.3) is 45.2 Å². The monoisotopic (exact) mass is 606 g/mol. The average molecular weight is 607 g/mol. The lowest BCUT2D eigenvalue weighted by Crippen LogP contribution is -2.37. The molecular formula is C32H30F4N6O2. The molecule has 5 aromatic rings. The van der Waals surface area contributed by atoms with Gasteiger partial charge >= 0.3 is 6.18 Å². The molecule has 0 unspecified atom stereocenters. The van der Waals surface area contributed by atoms with Crippen molar-refractivity contribution in [2.75, 3.05) is 7.05 Å². The number of halogens is 4. The molecule has 2 fully saturated rings. The molecule has 2 aromatic carbocycles. The van der Waals surface area contributed by atoms with Crippen LogP contribution in [0.15, 0.2) is 53.2 Å². The summed E-state index contributed by atoms with van der Waals surface area (Å²) >= 11 is 0. The predicted molar refractivity (Wildman–Crippen MR) is 155 cm³/mol. The van der Waals surface area contributed by atoms with Crippen LogP contribution >= 0.6 is 0 Å². The van der Waals surface area contributed by atoms with Crippen LogP contribution in [0, 0.1) is 5.82 Å². The van der Waals surface area contributed by atoms with E-state index in [9.17, 15) is 22.7 Å². The minimum absolute atomic E-state index is 0.0340. The molecule has 3 aromatic heterocycles. The van der Waals surface area contributed by atoms with Crippen molar-refractivity contribution in [1.82, 2.24) is 29.6 Å². The Morgan fingerprint density at radius 2 is 1.84 bits per heavy atom. The first kappa shape index (κ1) is 28.6. The first-order chi connectivity index (χ1) is 21.0. The fourth-order valence-corrected chi connectivity index (χ4v) is 6.23. The molecule has 0 radical (unpaired) electrons. The van der Waals surface area contributed by atoms with Gasteiger partial charge in [-0.05, 0) is 92.2 Å². The van der Waals surface area contributed by atoms with E-state index in [1.807, 2.05) is 18.0 Å². The third-order valence-corrected chi connectivity index (χ3v) is 8.60. The van der Waals surface area contributed by atoms with Crippen molar-refractivity contribution >= 4 is 11.1 Å². The maximum Gasteiger partial charge on any atom is 0.420 e. The molecule has 7 rings (SSSR count). The van der Waals surface area contributed by atoms with E-state index in [0.717, 1.165) is 37.4 Å². The first-order valence-corrected chi connectivity index (χ1v) is 14.6. The van der Waals surface area contributed by atoms with E-state index in [2.05, 4.69) is 15.2 Å². The smallest absolute Gasteiger partial charge is 0.420 e. The summed E-state index contributed by atoms with van der Waals surface area (Å²) in [6, 6.07) is 10.6. The molecule has 2 aliphatic rings. The number of oxazole rings is 1. The topological polar surface area (TPSA) is 93.1 Å². The minimum Gasteiger partial charge on any atom is -0.434 e. The maximum absolute atomic E-state index is 14.4. The number of fused-ring (bicyclic) bond motifs is 1. The van der Waals surface area contributed by atoms with Gasteiger partial charge in [0.05, 0.1) is 6.10 Å². The van der Waals surface area contributed by atoms with Gasteiger partial charge in [0.2, 0.25) is 5.89 Å². The predicted octanol–water partition coefficient (Wildman–Crippen LogP) is 6.73. The molecule has 12 heteroatoms. The normalized spacial score (nSPS) is 19.0. The lowest BCUT2D eigenvalue weighted by Gasteiger charge is -2.27. The van der Waals surface area contributed by atoms with Crippen LogP contribution in [0.4, 0.5) is 17.6 Å². The molecule has 0 saturated heterocycles. The van der Waals surface area contributed by atoms with E-state index >= 15 is 0 Å². The van der Waals surface area contributed by atoms with Crippen molar-refractivity contribution in [1.29, 1.82) is 0 Å². The van der Waals surface area contributed by atoms with Crippen molar-refractivity contribution in [2.24, 2.45) is 7.05 Å². The first-order valence-electron chi connectivity index (χ1n) is 14.6. The number of rotatable bonds is 7. The number of aromatic nitrogens is 5. The Kier molecular flexibility index (Phi) is 7.00. The van der Waals surface area contributed by atoms with Gasteiger partial charge in [0.1, 0.15) is 28.9 Å². The van der Waals surface area contributed by atoms with Crippen molar-refractivity contribution in [3.8, 4) is 34.1 Å². The van der Waals surface area contributed by atoms with Gasteiger partial charge in [0.15, 0.2) is 11.4 Å². The van der Waals surface area contributed by atoms with Gasteiger partial charge in [0, 0.05) is 36.8 Å². The molecule has 1 N–H and O–H groups in total. The molecule has 228 valence electrons. The Morgan fingerprint density at radius 1 is 1.02 bits per heavy atom. The van der Waals surface area contributed by atoms with Crippen molar-refractivity contribution in [2.45, 2.75) is 62.9 Å². The van der Waals surface area contributed by atoms with Crippen LogP contribution in [0.3, 0.4) is 0 Å². The van der Waals surface area contributed by atoms with Gasteiger partial charge in [-0.25, -0.2) is 14.4 Å². The van der Waals surface area contributed by atoms with Gasteiger partial charge in [0.25, 0.3) is 0 Å². The number of alkyl halides is 3. The SMILES string of the molecule is CN(Cc1cc(C(F)(F)F)c2oc(-c3cc(-c4ccc(F)cc4-c4nncn4C)cc(C4CC4)n3)nc2c1)[C@@H]1CCC[C@@H]1O. The third kappa shape index (κ3) is 5.36. The number of pyridine rings is 1. The van der Waals surface area contributed by atoms with Crippen LogP contribution in [0.2, 0.25) is 0 Å². The lowest BCUT2D eigenvalue weighted by molar-refractivity contribution is -0.136. The van der Waals surface area contributed by atoms with Crippen molar-refractivity contribution in [3.63, 3.8) is 0 Å². The van der Waals surface area contributed by atoms with E-state index in [0.29, 0.717) is 34.5 Å². The molecule has 2 saturated carbocycles. The Bertz CT molecular complexity index is 1860. The molecule has 0 aliphatic heterocycles. The third-order valence-electron chi connectivity index (χ3n) is 8.60. The molecule has 2 atom stereocenters. The Morgan fingerprint density at radius 3 is 2.52 bits per heavy atom. The van der Waals surface area contributed by atoms with Crippen molar-refractivity contribution in [3.05, 3.63) is 71.4 Å². The number of likely N-dealkylation sites (N-methyl/N-ethyl adjacent to an activating group) is 1. The largest absolute Gasteiger partial charge is 0.434 e. The minimum atomic E-state index is -4.68. The Balaban J connectivity index is 1.33. The molecule has 0 bridgehead atoms. The summed E-state index contributed by atoms with van der Waals surface area (Å²) in [7, 11) is 3.57. The van der Waals surface area contributed by atoms with Crippen LogP contribution in [0.5, 0.6) is 0 Å². The van der Waals surface area contributed by atoms with Crippen LogP contribution in [-0.4, -0.2) is 53.9 Å². The number of aliphatic hydroxyl groups excluding tert-OH is 1. The standard InChI is InChI=1S/C32H30F4N6O2/c1-41(27-4-3-5-28(27)43)15-17-10-23(32(34,35)36)29-25(11-17)39-31(44-29)26-13-19(12-24(38-26)18-6-7-18)21-9-8-20(33)14-22(21)30-40-37-16-42(30)2/h8-14,16,18,27-28,43H,3-7,15H2,1-2H3/t27-,28+/m1/s1. The van der Waals surface area contributed by atoms with Gasteiger partial charge in [-0.15, -0.1) is 10.2 Å². The van der Waals surface area contributed by atoms with Crippen LogP contribution in [-0.2, 0) is 19.8 Å². The molecule has 0 amide bonds. The second-order valence-corrected chi connectivity index (χ2v) is 11.9. The average Bonchev–Trinajstić information content (AvgIpc) is 3.36.